The Morgan fingerprint density at radius 3 is 2.67 bits per heavy atom. The molecule has 2 nitrogen and oxygen atoms in total. The molecule has 1 heterocycles. The van der Waals surface area contributed by atoms with E-state index in [1.165, 1.54) is 6.08 Å². The summed E-state index contributed by atoms with van der Waals surface area (Å²) in [6, 6.07) is 5.55. The van der Waals surface area contributed by atoms with Gasteiger partial charge in [0.15, 0.2) is 0 Å². The summed E-state index contributed by atoms with van der Waals surface area (Å²) in [5, 5.41) is 0. The highest BCUT2D eigenvalue weighted by atomic mass is 19.1. The van der Waals surface area contributed by atoms with Crippen molar-refractivity contribution in [3.8, 4) is 0 Å². The fourth-order valence-electron chi connectivity index (χ4n) is 1.29. The first-order chi connectivity index (χ1) is 8.50. The summed E-state index contributed by atoms with van der Waals surface area (Å²) >= 11 is 0. The fraction of sp³-hybridized carbons (Fsp3) is 0.267. The molecule has 18 heavy (non-hydrogen) atoms. The number of halogens is 1. The van der Waals surface area contributed by atoms with Crippen LogP contribution in [-0.2, 0) is 11.3 Å². The predicted octanol–water partition coefficient (Wildman–Crippen LogP) is 4.18. The highest BCUT2D eigenvalue weighted by Gasteiger charge is 2.09. The molecule has 0 fully saturated rings. The molecule has 0 aliphatic heterocycles. The summed E-state index contributed by atoms with van der Waals surface area (Å²) in [5.41, 5.74) is 1.52. The third-order valence-corrected chi connectivity index (χ3v) is 2.40. The van der Waals surface area contributed by atoms with E-state index < -0.39 is 5.83 Å². The number of hydrogen-bond acceptors (Lipinski definition) is 2. The summed E-state index contributed by atoms with van der Waals surface area (Å²) in [5.74, 6) is 0.0512. The number of rotatable bonds is 6. The topological polar surface area (TPSA) is 22.1 Å². The number of allylic oxidation sites excluding steroid dienone is 3. The normalized spacial score (nSPS) is 11.4. The third kappa shape index (κ3) is 4.53. The molecule has 3 heteroatoms. The molecule has 0 radical (unpaired) electrons. The number of aromatic nitrogens is 1. The standard InChI is InChI=1S/C15H18FNO/c1-11(2)13(4)15(9-12(3)16)18-10-14-7-5-6-8-17-14/h5-9,11H,3-4,10H2,1-2H3/b15-9+. The Labute approximate surface area is 108 Å². The molecule has 0 N–H and O–H groups in total. The van der Waals surface area contributed by atoms with E-state index in [9.17, 15) is 4.39 Å². The second kappa shape index (κ2) is 6.74. The Kier molecular flexibility index (Phi) is 5.31. The van der Waals surface area contributed by atoms with Crippen molar-refractivity contribution < 1.29 is 9.13 Å². The van der Waals surface area contributed by atoms with E-state index in [4.69, 9.17) is 4.74 Å². The summed E-state index contributed by atoms with van der Waals surface area (Å²) in [6.07, 6.45) is 2.94. The SMILES string of the molecule is C=C(F)/C=C(/OCc1ccccn1)C(=C)C(C)C. The molecule has 0 aliphatic rings. The van der Waals surface area contributed by atoms with Crippen molar-refractivity contribution in [2.45, 2.75) is 20.5 Å². The van der Waals surface area contributed by atoms with Crippen molar-refractivity contribution in [2.75, 3.05) is 0 Å². The minimum atomic E-state index is -0.548. The van der Waals surface area contributed by atoms with E-state index in [1.807, 2.05) is 32.0 Å². The molecule has 0 aliphatic carbocycles. The lowest BCUT2D eigenvalue weighted by molar-refractivity contribution is 0.198. The summed E-state index contributed by atoms with van der Waals surface area (Å²) in [4.78, 5) is 4.14. The van der Waals surface area contributed by atoms with Crippen molar-refractivity contribution in [3.05, 3.63) is 66.5 Å². The van der Waals surface area contributed by atoms with E-state index >= 15 is 0 Å². The van der Waals surface area contributed by atoms with Gasteiger partial charge in [0, 0.05) is 12.3 Å². The quantitative estimate of drug-likeness (QED) is 0.556. The van der Waals surface area contributed by atoms with Gasteiger partial charge in [-0.05, 0) is 23.6 Å². The van der Waals surface area contributed by atoms with E-state index in [1.54, 1.807) is 6.20 Å². The maximum Gasteiger partial charge on any atom is 0.130 e. The first-order valence-corrected chi connectivity index (χ1v) is 5.78. The zero-order valence-electron chi connectivity index (χ0n) is 10.8. The molecule has 0 bridgehead atoms. The van der Waals surface area contributed by atoms with E-state index in [-0.39, 0.29) is 12.5 Å². The molecule has 1 aromatic rings. The highest BCUT2D eigenvalue weighted by Crippen LogP contribution is 2.21. The minimum Gasteiger partial charge on any atom is -0.487 e. The minimum absolute atomic E-state index is 0.180. The average molecular weight is 247 g/mol. The van der Waals surface area contributed by atoms with Gasteiger partial charge in [-0.2, -0.15) is 0 Å². The Morgan fingerprint density at radius 2 is 2.17 bits per heavy atom. The van der Waals surface area contributed by atoms with Crippen LogP contribution < -0.4 is 0 Å². The summed E-state index contributed by atoms with van der Waals surface area (Å²) < 4.78 is 18.5. The van der Waals surface area contributed by atoms with Crippen LogP contribution in [-0.4, -0.2) is 4.98 Å². The number of nitrogens with zero attached hydrogens (tertiary/aromatic N) is 1. The van der Waals surface area contributed by atoms with Crippen molar-refractivity contribution in [1.29, 1.82) is 0 Å². The molecule has 1 aromatic heterocycles. The summed E-state index contributed by atoms with van der Waals surface area (Å²) in [7, 11) is 0. The molecular weight excluding hydrogens is 229 g/mol. The Balaban J connectivity index is 2.75. The van der Waals surface area contributed by atoms with Gasteiger partial charge in [-0.25, -0.2) is 4.39 Å². The molecular formula is C15H18FNO. The van der Waals surface area contributed by atoms with Gasteiger partial charge in [0.05, 0.1) is 5.69 Å². The lowest BCUT2D eigenvalue weighted by Gasteiger charge is -2.15. The monoisotopic (exact) mass is 247 g/mol. The molecule has 0 saturated carbocycles. The van der Waals surface area contributed by atoms with Crippen LogP contribution >= 0.6 is 0 Å². The fourth-order valence-corrected chi connectivity index (χ4v) is 1.29. The van der Waals surface area contributed by atoms with Gasteiger partial charge in [0.2, 0.25) is 0 Å². The van der Waals surface area contributed by atoms with Crippen molar-refractivity contribution >= 4 is 0 Å². The lowest BCUT2D eigenvalue weighted by Crippen LogP contribution is -2.02. The molecule has 0 amide bonds. The van der Waals surface area contributed by atoms with Gasteiger partial charge in [-0.3, -0.25) is 4.98 Å². The molecule has 0 saturated heterocycles. The van der Waals surface area contributed by atoms with Gasteiger partial charge >= 0.3 is 0 Å². The second-order valence-corrected chi connectivity index (χ2v) is 4.25. The second-order valence-electron chi connectivity index (χ2n) is 4.25. The smallest absolute Gasteiger partial charge is 0.130 e. The molecule has 1 rings (SSSR count). The lowest BCUT2D eigenvalue weighted by atomic mass is 10.0. The Hall–Kier alpha value is -1.90. The van der Waals surface area contributed by atoms with E-state index in [0.29, 0.717) is 5.76 Å². The van der Waals surface area contributed by atoms with Crippen LogP contribution in [0, 0.1) is 5.92 Å². The third-order valence-electron chi connectivity index (χ3n) is 2.40. The number of ether oxygens (including phenoxy) is 1. The highest BCUT2D eigenvalue weighted by molar-refractivity contribution is 5.29. The molecule has 0 unspecified atom stereocenters. The Morgan fingerprint density at radius 1 is 1.44 bits per heavy atom. The van der Waals surface area contributed by atoms with Gasteiger partial charge in [0.1, 0.15) is 18.2 Å². The van der Waals surface area contributed by atoms with E-state index in [0.717, 1.165) is 11.3 Å². The maximum atomic E-state index is 12.9. The van der Waals surface area contributed by atoms with Crippen molar-refractivity contribution in [2.24, 2.45) is 5.92 Å². The first-order valence-electron chi connectivity index (χ1n) is 5.78. The molecule has 0 aromatic carbocycles. The van der Waals surface area contributed by atoms with Gasteiger partial charge in [-0.15, -0.1) is 0 Å². The zero-order valence-corrected chi connectivity index (χ0v) is 10.8. The maximum absolute atomic E-state index is 12.9. The number of hydrogen-bond donors (Lipinski definition) is 0. The van der Waals surface area contributed by atoms with Crippen molar-refractivity contribution in [3.63, 3.8) is 0 Å². The Bertz CT molecular complexity index is 449. The largest absolute Gasteiger partial charge is 0.487 e. The van der Waals surface area contributed by atoms with Crippen LogP contribution in [0.2, 0.25) is 0 Å². The van der Waals surface area contributed by atoms with Crippen LogP contribution in [0.5, 0.6) is 0 Å². The summed E-state index contributed by atoms with van der Waals surface area (Å²) in [6.45, 7) is 11.3. The van der Waals surface area contributed by atoms with Gasteiger partial charge in [-0.1, -0.05) is 33.1 Å². The zero-order chi connectivity index (χ0) is 13.5. The molecule has 0 atom stereocenters. The van der Waals surface area contributed by atoms with E-state index in [2.05, 4.69) is 18.1 Å². The molecule has 0 spiro atoms. The molecule has 96 valence electrons. The van der Waals surface area contributed by atoms with Crippen LogP contribution in [0.3, 0.4) is 0 Å². The van der Waals surface area contributed by atoms with Crippen LogP contribution in [0.15, 0.2) is 60.8 Å². The van der Waals surface area contributed by atoms with Crippen LogP contribution in [0.25, 0.3) is 0 Å². The van der Waals surface area contributed by atoms with Crippen LogP contribution in [0.4, 0.5) is 4.39 Å². The van der Waals surface area contributed by atoms with Gasteiger partial charge in [0.25, 0.3) is 0 Å². The number of pyridine rings is 1. The van der Waals surface area contributed by atoms with Gasteiger partial charge < -0.3 is 4.74 Å². The first kappa shape index (κ1) is 14.2. The predicted molar refractivity (Wildman–Crippen MR) is 71.3 cm³/mol. The van der Waals surface area contributed by atoms with Crippen molar-refractivity contribution in [1.82, 2.24) is 4.98 Å². The van der Waals surface area contributed by atoms with Crippen LogP contribution in [0.1, 0.15) is 19.5 Å². The average Bonchev–Trinajstić information content (AvgIpc) is 2.34.